The maximum absolute atomic E-state index is 12.3. The summed E-state index contributed by atoms with van der Waals surface area (Å²) in [5.74, 6) is 0.223. The lowest BCUT2D eigenvalue weighted by molar-refractivity contribution is -0.113. The molecule has 1 amide bonds. The molecule has 128 valence electrons. The summed E-state index contributed by atoms with van der Waals surface area (Å²) >= 11 is 1.33. The normalized spacial score (nSPS) is 10.6. The summed E-state index contributed by atoms with van der Waals surface area (Å²) in [6.45, 7) is 4.09. The molecule has 0 aliphatic carbocycles. The second-order valence-electron chi connectivity index (χ2n) is 5.61. The van der Waals surface area contributed by atoms with Crippen LogP contribution in [0.1, 0.15) is 18.1 Å². The monoisotopic (exact) mass is 352 g/mol. The third kappa shape index (κ3) is 4.28. The van der Waals surface area contributed by atoms with Crippen molar-refractivity contribution in [3.63, 3.8) is 0 Å². The molecule has 1 N–H and O–H groups in total. The summed E-state index contributed by atoms with van der Waals surface area (Å²) < 4.78 is 1.71. The molecule has 3 aromatic rings. The fourth-order valence-corrected chi connectivity index (χ4v) is 3.13. The van der Waals surface area contributed by atoms with Crippen LogP contribution in [0.15, 0.2) is 60.0 Å². The van der Waals surface area contributed by atoms with Crippen molar-refractivity contribution in [3.05, 3.63) is 66.0 Å². The quantitative estimate of drug-likeness (QED) is 0.684. The fourth-order valence-electron chi connectivity index (χ4n) is 2.53. The molecule has 0 atom stereocenters. The first kappa shape index (κ1) is 17.2. The summed E-state index contributed by atoms with van der Waals surface area (Å²) in [4.78, 5) is 16.5. The molecular weight excluding hydrogens is 332 g/mol. The zero-order chi connectivity index (χ0) is 17.6. The van der Waals surface area contributed by atoms with Gasteiger partial charge in [-0.05, 0) is 36.6 Å². The number of aryl methyl sites for hydroxylation is 2. The van der Waals surface area contributed by atoms with E-state index in [2.05, 4.69) is 22.3 Å². The molecule has 0 radical (unpaired) electrons. The van der Waals surface area contributed by atoms with Crippen LogP contribution in [0.5, 0.6) is 0 Å². The minimum atomic E-state index is -0.0509. The standard InChI is InChI=1S/C19H20N4OS/c1-3-15-9-7-8-14(2)18(15)21-17(24)12-25-19-20-13-23(22-19)16-10-5-4-6-11-16/h4-11,13H,3,12H2,1-2H3,(H,21,24). The minimum absolute atomic E-state index is 0.0509. The van der Waals surface area contributed by atoms with E-state index < -0.39 is 0 Å². The van der Waals surface area contributed by atoms with Crippen molar-refractivity contribution in [1.29, 1.82) is 0 Å². The third-order valence-electron chi connectivity index (χ3n) is 3.83. The summed E-state index contributed by atoms with van der Waals surface area (Å²) in [6.07, 6.45) is 2.54. The Kier molecular flexibility index (Phi) is 5.50. The van der Waals surface area contributed by atoms with Gasteiger partial charge in [-0.2, -0.15) is 0 Å². The summed E-state index contributed by atoms with van der Waals surface area (Å²) in [5.41, 5.74) is 4.08. The van der Waals surface area contributed by atoms with Gasteiger partial charge in [-0.3, -0.25) is 4.79 Å². The zero-order valence-corrected chi connectivity index (χ0v) is 15.1. The highest BCUT2D eigenvalue weighted by Crippen LogP contribution is 2.22. The number of benzene rings is 2. The topological polar surface area (TPSA) is 59.8 Å². The lowest BCUT2D eigenvalue weighted by atomic mass is 10.1. The molecule has 1 heterocycles. The SMILES string of the molecule is CCc1cccc(C)c1NC(=O)CSc1ncn(-c2ccccc2)n1. The van der Waals surface area contributed by atoms with E-state index in [1.54, 1.807) is 11.0 Å². The van der Waals surface area contributed by atoms with E-state index in [9.17, 15) is 4.79 Å². The molecule has 0 aliphatic heterocycles. The molecule has 25 heavy (non-hydrogen) atoms. The Hall–Kier alpha value is -2.60. The van der Waals surface area contributed by atoms with Gasteiger partial charge in [0.25, 0.3) is 0 Å². The summed E-state index contributed by atoms with van der Waals surface area (Å²) in [5, 5.41) is 8.00. The van der Waals surface area contributed by atoms with Crippen molar-refractivity contribution < 1.29 is 4.79 Å². The molecule has 0 fully saturated rings. The number of carbonyl (C=O) groups excluding carboxylic acids is 1. The van der Waals surface area contributed by atoms with Crippen LogP contribution in [-0.2, 0) is 11.2 Å². The van der Waals surface area contributed by atoms with Gasteiger partial charge in [0, 0.05) is 5.69 Å². The van der Waals surface area contributed by atoms with Crippen molar-refractivity contribution in [2.45, 2.75) is 25.4 Å². The second-order valence-corrected chi connectivity index (χ2v) is 6.55. The first-order valence-electron chi connectivity index (χ1n) is 8.15. The lowest BCUT2D eigenvalue weighted by Crippen LogP contribution is -2.16. The summed E-state index contributed by atoms with van der Waals surface area (Å²) in [7, 11) is 0. The average molecular weight is 352 g/mol. The number of aromatic nitrogens is 3. The van der Waals surface area contributed by atoms with E-state index >= 15 is 0 Å². The van der Waals surface area contributed by atoms with Crippen LogP contribution in [0.2, 0.25) is 0 Å². The summed E-state index contributed by atoms with van der Waals surface area (Å²) in [6, 6.07) is 15.8. The Labute approximate surface area is 151 Å². The Bertz CT molecular complexity index is 861. The number of nitrogens with one attached hydrogen (secondary N) is 1. The van der Waals surface area contributed by atoms with Crippen LogP contribution in [0.25, 0.3) is 5.69 Å². The van der Waals surface area contributed by atoms with Crippen LogP contribution < -0.4 is 5.32 Å². The number of amides is 1. The zero-order valence-electron chi connectivity index (χ0n) is 14.3. The van der Waals surface area contributed by atoms with Gasteiger partial charge >= 0.3 is 0 Å². The second kappa shape index (κ2) is 7.98. The van der Waals surface area contributed by atoms with Gasteiger partial charge in [0.15, 0.2) is 0 Å². The molecule has 0 spiro atoms. The van der Waals surface area contributed by atoms with Gasteiger partial charge in [-0.1, -0.05) is 55.1 Å². The third-order valence-corrected chi connectivity index (χ3v) is 4.68. The fraction of sp³-hybridized carbons (Fsp3) is 0.211. The van der Waals surface area contributed by atoms with Crippen LogP contribution in [0.3, 0.4) is 0 Å². The van der Waals surface area contributed by atoms with E-state index in [0.29, 0.717) is 5.16 Å². The highest BCUT2D eigenvalue weighted by atomic mass is 32.2. The Balaban J connectivity index is 1.61. The van der Waals surface area contributed by atoms with Crippen LogP contribution in [0.4, 0.5) is 5.69 Å². The van der Waals surface area contributed by atoms with Gasteiger partial charge in [-0.15, -0.1) is 5.10 Å². The highest BCUT2D eigenvalue weighted by Gasteiger charge is 2.11. The molecule has 2 aromatic carbocycles. The number of hydrogen-bond donors (Lipinski definition) is 1. The van der Waals surface area contributed by atoms with Crippen molar-refractivity contribution in [3.8, 4) is 5.69 Å². The van der Waals surface area contributed by atoms with Crippen LogP contribution in [-0.4, -0.2) is 26.4 Å². The van der Waals surface area contributed by atoms with Gasteiger partial charge in [0.05, 0.1) is 11.4 Å². The predicted molar refractivity (Wildman–Crippen MR) is 101 cm³/mol. The highest BCUT2D eigenvalue weighted by molar-refractivity contribution is 7.99. The van der Waals surface area contributed by atoms with E-state index in [4.69, 9.17) is 0 Å². The largest absolute Gasteiger partial charge is 0.325 e. The van der Waals surface area contributed by atoms with Crippen molar-refractivity contribution >= 4 is 23.4 Å². The van der Waals surface area contributed by atoms with E-state index in [-0.39, 0.29) is 11.7 Å². The molecule has 0 aliphatic rings. The van der Waals surface area contributed by atoms with Crippen molar-refractivity contribution in [1.82, 2.24) is 14.8 Å². The van der Waals surface area contributed by atoms with Gasteiger partial charge in [0.2, 0.25) is 11.1 Å². The number of thioether (sulfide) groups is 1. The van der Waals surface area contributed by atoms with Crippen molar-refractivity contribution in [2.24, 2.45) is 0 Å². The van der Waals surface area contributed by atoms with E-state index in [1.807, 2.05) is 55.5 Å². The van der Waals surface area contributed by atoms with Gasteiger partial charge in [-0.25, -0.2) is 9.67 Å². The molecule has 0 bridgehead atoms. The molecule has 1 aromatic heterocycles. The maximum Gasteiger partial charge on any atom is 0.234 e. The first-order chi connectivity index (χ1) is 12.2. The number of anilines is 1. The van der Waals surface area contributed by atoms with Gasteiger partial charge in [0.1, 0.15) is 6.33 Å². The Morgan fingerprint density at radius 1 is 1.16 bits per heavy atom. The van der Waals surface area contributed by atoms with E-state index in [0.717, 1.165) is 28.9 Å². The maximum atomic E-state index is 12.3. The van der Waals surface area contributed by atoms with Crippen LogP contribution >= 0.6 is 11.8 Å². The lowest BCUT2D eigenvalue weighted by Gasteiger charge is -2.12. The number of nitrogens with zero attached hydrogens (tertiary/aromatic N) is 3. The Morgan fingerprint density at radius 3 is 2.72 bits per heavy atom. The molecular formula is C19H20N4OS. The van der Waals surface area contributed by atoms with Crippen LogP contribution in [0, 0.1) is 6.92 Å². The number of carbonyl (C=O) groups is 1. The molecule has 0 saturated carbocycles. The number of para-hydroxylation sites is 2. The smallest absolute Gasteiger partial charge is 0.234 e. The molecule has 0 unspecified atom stereocenters. The first-order valence-corrected chi connectivity index (χ1v) is 9.14. The van der Waals surface area contributed by atoms with Gasteiger partial charge < -0.3 is 5.32 Å². The Morgan fingerprint density at radius 2 is 1.96 bits per heavy atom. The average Bonchev–Trinajstić information content (AvgIpc) is 3.11. The van der Waals surface area contributed by atoms with E-state index in [1.165, 1.54) is 11.8 Å². The number of hydrogen-bond acceptors (Lipinski definition) is 4. The molecule has 6 heteroatoms. The molecule has 5 nitrogen and oxygen atoms in total. The van der Waals surface area contributed by atoms with Crippen molar-refractivity contribution in [2.75, 3.05) is 11.1 Å². The number of rotatable bonds is 6. The predicted octanol–water partition coefficient (Wildman–Crippen LogP) is 3.87. The molecule has 0 saturated heterocycles. The minimum Gasteiger partial charge on any atom is -0.325 e. The molecule has 3 rings (SSSR count).